The molecule has 2 aromatic rings. The highest BCUT2D eigenvalue weighted by molar-refractivity contribution is 5.94. The number of rotatable bonds is 7. The summed E-state index contributed by atoms with van der Waals surface area (Å²) in [6, 6.07) is 11.3. The van der Waals surface area contributed by atoms with Gasteiger partial charge in [-0.25, -0.2) is 0 Å². The Morgan fingerprint density at radius 1 is 1.08 bits per heavy atom. The molecule has 0 saturated heterocycles. The second kappa shape index (κ2) is 8.75. The Balaban J connectivity index is 2.19. The Morgan fingerprint density at radius 3 is 2.27 bits per heavy atom. The predicted octanol–water partition coefficient (Wildman–Crippen LogP) is 5.02. The molecule has 0 heterocycles. The summed E-state index contributed by atoms with van der Waals surface area (Å²) in [5, 5.41) is 3.09. The maximum Gasteiger partial charge on any atom is 0.251 e. The van der Waals surface area contributed by atoms with E-state index in [-0.39, 0.29) is 11.9 Å². The summed E-state index contributed by atoms with van der Waals surface area (Å²) >= 11 is 0. The molecule has 0 radical (unpaired) electrons. The molecule has 1 amide bonds. The van der Waals surface area contributed by atoms with Gasteiger partial charge < -0.3 is 14.8 Å². The van der Waals surface area contributed by atoms with E-state index in [0.717, 1.165) is 28.2 Å². The first-order valence-corrected chi connectivity index (χ1v) is 9.09. The second-order valence-electron chi connectivity index (χ2n) is 6.76. The molecule has 1 N–H and O–H groups in total. The van der Waals surface area contributed by atoms with Crippen molar-refractivity contribution >= 4 is 5.91 Å². The van der Waals surface area contributed by atoms with Gasteiger partial charge in [-0.05, 0) is 79.8 Å². The Morgan fingerprint density at radius 2 is 1.73 bits per heavy atom. The van der Waals surface area contributed by atoms with Crippen LogP contribution in [0.5, 0.6) is 11.5 Å². The van der Waals surface area contributed by atoms with E-state index in [2.05, 4.69) is 25.2 Å². The van der Waals surface area contributed by atoms with Crippen LogP contribution >= 0.6 is 0 Å². The average molecular weight is 355 g/mol. The molecule has 0 aliphatic heterocycles. The van der Waals surface area contributed by atoms with Gasteiger partial charge in [-0.15, -0.1) is 0 Å². The van der Waals surface area contributed by atoms with E-state index >= 15 is 0 Å². The summed E-state index contributed by atoms with van der Waals surface area (Å²) in [4.78, 5) is 12.6. The lowest BCUT2D eigenvalue weighted by Crippen LogP contribution is -2.27. The normalized spacial score (nSPS) is 12.0. The Kier molecular flexibility index (Phi) is 6.67. The third-order valence-electron chi connectivity index (χ3n) is 4.48. The first kappa shape index (κ1) is 19.8. The minimum absolute atomic E-state index is 0.0955. The fourth-order valence-electron chi connectivity index (χ4n) is 3.04. The molecule has 140 valence electrons. The number of aryl methyl sites for hydroxylation is 1. The van der Waals surface area contributed by atoms with E-state index in [1.54, 1.807) is 19.2 Å². The van der Waals surface area contributed by atoms with Gasteiger partial charge in [0, 0.05) is 5.56 Å². The van der Waals surface area contributed by atoms with Gasteiger partial charge in [0.2, 0.25) is 0 Å². The van der Waals surface area contributed by atoms with E-state index in [9.17, 15) is 4.79 Å². The van der Waals surface area contributed by atoms with Crippen LogP contribution in [0.2, 0.25) is 0 Å². The maximum absolute atomic E-state index is 12.6. The SMILES string of the molecule is CCOc1ccc(C(=O)N[C@@H](C)c2cc(C(C)C)c(OC)cc2C)cc1. The zero-order valence-electron chi connectivity index (χ0n) is 16.6. The molecule has 1 atom stereocenters. The summed E-state index contributed by atoms with van der Waals surface area (Å²) in [5.41, 5.74) is 3.98. The minimum Gasteiger partial charge on any atom is -0.496 e. The Bertz CT molecular complexity index is 751. The quantitative estimate of drug-likeness (QED) is 0.759. The molecule has 26 heavy (non-hydrogen) atoms. The van der Waals surface area contributed by atoms with E-state index in [0.29, 0.717) is 18.1 Å². The van der Waals surface area contributed by atoms with Crippen LogP contribution < -0.4 is 14.8 Å². The molecule has 0 aliphatic carbocycles. The van der Waals surface area contributed by atoms with Crippen LogP contribution in [0.25, 0.3) is 0 Å². The number of carbonyl (C=O) groups excluding carboxylic acids is 1. The summed E-state index contributed by atoms with van der Waals surface area (Å²) in [6.07, 6.45) is 0. The number of amides is 1. The first-order valence-electron chi connectivity index (χ1n) is 9.09. The van der Waals surface area contributed by atoms with Gasteiger partial charge >= 0.3 is 0 Å². The predicted molar refractivity (Wildman–Crippen MR) is 105 cm³/mol. The summed E-state index contributed by atoms with van der Waals surface area (Å²) in [7, 11) is 1.69. The van der Waals surface area contributed by atoms with Gasteiger partial charge in [0.05, 0.1) is 19.8 Å². The molecule has 2 aromatic carbocycles. The number of hydrogen-bond acceptors (Lipinski definition) is 3. The Hall–Kier alpha value is -2.49. The fraction of sp³-hybridized carbons (Fsp3) is 0.409. The summed E-state index contributed by atoms with van der Waals surface area (Å²) in [6.45, 7) is 10.9. The molecule has 0 spiro atoms. The number of hydrogen-bond donors (Lipinski definition) is 1. The lowest BCUT2D eigenvalue weighted by atomic mass is 9.93. The van der Waals surface area contributed by atoms with Gasteiger partial charge in [-0.2, -0.15) is 0 Å². The van der Waals surface area contributed by atoms with Gasteiger partial charge in [-0.3, -0.25) is 4.79 Å². The first-order chi connectivity index (χ1) is 12.4. The number of ether oxygens (including phenoxy) is 2. The van der Waals surface area contributed by atoms with Crippen LogP contribution in [0.1, 0.15) is 66.7 Å². The van der Waals surface area contributed by atoms with Crippen molar-refractivity contribution in [3.05, 3.63) is 58.7 Å². The van der Waals surface area contributed by atoms with Crippen molar-refractivity contribution in [2.75, 3.05) is 13.7 Å². The third kappa shape index (κ3) is 4.57. The molecular weight excluding hydrogens is 326 g/mol. The van der Waals surface area contributed by atoms with Crippen molar-refractivity contribution in [3.63, 3.8) is 0 Å². The number of benzene rings is 2. The third-order valence-corrected chi connectivity index (χ3v) is 4.48. The largest absolute Gasteiger partial charge is 0.496 e. The molecule has 0 saturated carbocycles. The molecule has 0 fully saturated rings. The lowest BCUT2D eigenvalue weighted by molar-refractivity contribution is 0.0940. The fourth-order valence-corrected chi connectivity index (χ4v) is 3.04. The monoisotopic (exact) mass is 355 g/mol. The van der Waals surface area contributed by atoms with Crippen molar-refractivity contribution in [1.82, 2.24) is 5.32 Å². The van der Waals surface area contributed by atoms with Crippen LogP contribution in [-0.4, -0.2) is 19.6 Å². The standard InChI is InChI=1S/C22H29NO3/c1-7-26-18-10-8-17(9-11-18)22(24)23-16(5)20-13-19(14(2)3)21(25-6)12-15(20)4/h8-14,16H,7H2,1-6H3,(H,23,24)/t16-/m0/s1. The molecule has 0 bridgehead atoms. The molecule has 0 unspecified atom stereocenters. The van der Waals surface area contributed by atoms with Crippen molar-refractivity contribution < 1.29 is 14.3 Å². The van der Waals surface area contributed by atoms with Gasteiger partial charge in [0.15, 0.2) is 0 Å². The van der Waals surface area contributed by atoms with E-state index in [1.807, 2.05) is 39.0 Å². The van der Waals surface area contributed by atoms with Crippen LogP contribution in [-0.2, 0) is 0 Å². The van der Waals surface area contributed by atoms with Crippen molar-refractivity contribution in [2.45, 2.75) is 46.6 Å². The van der Waals surface area contributed by atoms with Crippen LogP contribution in [0.15, 0.2) is 36.4 Å². The van der Waals surface area contributed by atoms with Gasteiger partial charge in [-0.1, -0.05) is 13.8 Å². The second-order valence-corrected chi connectivity index (χ2v) is 6.76. The number of nitrogens with one attached hydrogen (secondary N) is 1. The molecule has 4 heteroatoms. The highest BCUT2D eigenvalue weighted by Gasteiger charge is 2.17. The zero-order valence-corrected chi connectivity index (χ0v) is 16.6. The summed E-state index contributed by atoms with van der Waals surface area (Å²) in [5.74, 6) is 1.91. The highest BCUT2D eigenvalue weighted by atomic mass is 16.5. The van der Waals surface area contributed by atoms with Crippen LogP contribution in [0.3, 0.4) is 0 Å². The number of methoxy groups -OCH3 is 1. The molecular formula is C22H29NO3. The lowest BCUT2D eigenvalue weighted by Gasteiger charge is -2.21. The van der Waals surface area contributed by atoms with Crippen molar-refractivity contribution in [1.29, 1.82) is 0 Å². The average Bonchev–Trinajstić information content (AvgIpc) is 2.61. The van der Waals surface area contributed by atoms with Crippen molar-refractivity contribution in [2.24, 2.45) is 0 Å². The van der Waals surface area contributed by atoms with Crippen molar-refractivity contribution in [3.8, 4) is 11.5 Å². The van der Waals surface area contributed by atoms with Crippen LogP contribution in [0, 0.1) is 6.92 Å². The molecule has 0 aliphatic rings. The maximum atomic E-state index is 12.6. The van der Waals surface area contributed by atoms with Gasteiger partial charge in [0.1, 0.15) is 11.5 Å². The molecule has 0 aromatic heterocycles. The van der Waals surface area contributed by atoms with Crippen LogP contribution in [0.4, 0.5) is 0 Å². The smallest absolute Gasteiger partial charge is 0.251 e. The highest BCUT2D eigenvalue weighted by Crippen LogP contribution is 2.32. The molecule has 4 nitrogen and oxygen atoms in total. The molecule has 2 rings (SSSR count). The van der Waals surface area contributed by atoms with Gasteiger partial charge in [0.25, 0.3) is 5.91 Å². The Labute approximate surface area is 156 Å². The van der Waals surface area contributed by atoms with E-state index < -0.39 is 0 Å². The van der Waals surface area contributed by atoms with E-state index in [4.69, 9.17) is 9.47 Å². The zero-order chi connectivity index (χ0) is 19.3. The van der Waals surface area contributed by atoms with E-state index in [1.165, 1.54) is 0 Å². The summed E-state index contributed by atoms with van der Waals surface area (Å²) < 4.78 is 10.9. The minimum atomic E-state index is -0.0996. The topological polar surface area (TPSA) is 47.6 Å². The number of carbonyl (C=O) groups is 1.